The molecule has 11 heteroatoms. The molecule has 9 nitrogen and oxygen atoms in total. The number of aliphatic imine (C=N–C) groups is 1. The van der Waals surface area contributed by atoms with Crippen molar-refractivity contribution in [3.8, 4) is 0 Å². The molecule has 0 aliphatic rings. The quantitative estimate of drug-likeness (QED) is 0.142. The van der Waals surface area contributed by atoms with Crippen LogP contribution in [-0.2, 0) is 4.79 Å². The number of nitrogens with zero attached hydrogens (tertiary/aromatic N) is 2. The highest BCUT2D eigenvalue weighted by Crippen LogP contribution is 2.27. The van der Waals surface area contributed by atoms with Gasteiger partial charge in [0.15, 0.2) is 5.96 Å². The summed E-state index contributed by atoms with van der Waals surface area (Å²) >= 11 is 1.59. The van der Waals surface area contributed by atoms with E-state index in [1.165, 1.54) is 11.9 Å². The van der Waals surface area contributed by atoms with Crippen LogP contribution in [-0.4, -0.2) is 65.9 Å². The van der Waals surface area contributed by atoms with Gasteiger partial charge in [0, 0.05) is 28.9 Å². The summed E-state index contributed by atoms with van der Waals surface area (Å²) in [5.74, 6) is -1.77. The number of rotatable bonds is 11. The van der Waals surface area contributed by atoms with E-state index in [1.807, 2.05) is 42.5 Å². The first kappa shape index (κ1) is 25.2. The minimum Gasteiger partial charge on any atom is -0.426 e. The molecule has 0 fully saturated rings. The number of nitrogens with two attached hydrogens (primary N) is 2. The normalized spacial score (nSPS) is 11.3. The fraction of sp³-hybridized carbons (Fsp3) is 0.286. The summed E-state index contributed by atoms with van der Waals surface area (Å²) in [6, 6.07) is 17.0. The third-order valence-electron chi connectivity index (χ3n) is 4.48. The van der Waals surface area contributed by atoms with Crippen molar-refractivity contribution < 1.29 is 19.6 Å². The molecule has 0 saturated carbocycles. The maximum Gasteiger partial charge on any atom is 0.475 e. The zero-order valence-electron chi connectivity index (χ0n) is 17.8. The summed E-state index contributed by atoms with van der Waals surface area (Å²) in [4.78, 5) is 32.1. The highest BCUT2D eigenvalue weighted by atomic mass is 32.2. The Balaban J connectivity index is 1.87. The number of nitrogens with one attached hydrogen (secondary N) is 1. The summed E-state index contributed by atoms with van der Waals surface area (Å²) in [6.07, 6.45) is 0.709. The second kappa shape index (κ2) is 12.7. The number of hydrogen-bond donors (Lipinski definition) is 5. The maximum atomic E-state index is 12.6. The van der Waals surface area contributed by atoms with Crippen LogP contribution < -0.4 is 16.8 Å². The summed E-state index contributed by atoms with van der Waals surface area (Å²) in [7, 11) is -0.230. The monoisotopic (exact) mass is 457 g/mol. The van der Waals surface area contributed by atoms with Crippen LogP contribution in [0.4, 0.5) is 0 Å². The van der Waals surface area contributed by atoms with Gasteiger partial charge in [0.05, 0.1) is 12.5 Å². The molecule has 2 aromatic rings. The molecular weight excluding hydrogens is 429 g/mol. The van der Waals surface area contributed by atoms with Crippen molar-refractivity contribution in [1.29, 1.82) is 0 Å². The van der Waals surface area contributed by atoms with Gasteiger partial charge in [-0.15, -0.1) is 0 Å². The zero-order valence-corrected chi connectivity index (χ0v) is 18.7. The Labute approximate surface area is 192 Å². The second-order valence-electron chi connectivity index (χ2n) is 7.14. The number of guanidine groups is 1. The SMILES string of the molecule is CN(CC(=O)NC(CCCN=C(N)N)B(O)O)C(=O)c1ccc(Sc2ccccc2)cc1. The highest BCUT2D eigenvalue weighted by molar-refractivity contribution is 7.99. The largest absolute Gasteiger partial charge is 0.475 e. The van der Waals surface area contributed by atoms with E-state index in [0.717, 1.165) is 9.79 Å². The van der Waals surface area contributed by atoms with Crippen LogP contribution >= 0.6 is 11.8 Å². The highest BCUT2D eigenvalue weighted by Gasteiger charge is 2.25. The molecule has 1 unspecified atom stereocenters. The van der Waals surface area contributed by atoms with Crippen LogP contribution in [0.25, 0.3) is 0 Å². The van der Waals surface area contributed by atoms with E-state index in [2.05, 4.69) is 10.3 Å². The third kappa shape index (κ3) is 8.62. The van der Waals surface area contributed by atoms with Crippen molar-refractivity contribution in [3.63, 3.8) is 0 Å². The molecule has 0 aliphatic carbocycles. The van der Waals surface area contributed by atoms with Gasteiger partial charge in [-0.2, -0.15) is 0 Å². The lowest BCUT2D eigenvalue weighted by Crippen LogP contribution is -2.49. The molecule has 0 aliphatic heterocycles. The smallest absolute Gasteiger partial charge is 0.426 e. The van der Waals surface area contributed by atoms with E-state index in [9.17, 15) is 19.6 Å². The van der Waals surface area contributed by atoms with E-state index >= 15 is 0 Å². The second-order valence-corrected chi connectivity index (χ2v) is 8.28. The van der Waals surface area contributed by atoms with Gasteiger partial charge in [-0.3, -0.25) is 14.6 Å². The lowest BCUT2D eigenvalue weighted by molar-refractivity contribution is -0.122. The minimum absolute atomic E-state index is 0.0537. The van der Waals surface area contributed by atoms with Gasteiger partial charge in [-0.25, -0.2) is 0 Å². The lowest BCUT2D eigenvalue weighted by Gasteiger charge is -2.21. The molecule has 0 spiro atoms. The Kier molecular flexibility index (Phi) is 10.1. The fourth-order valence-corrected chi connectivity index (χ4v) is 3.70. The summed E-state index contributed by atoms with van der Waals surface area (Å²) in [5.41, 5.74) is 10.9. The Morgan fingerprint density at radius 1 is 1.09 bits per heavy atom. The number of carbonyl (C=O) groups is 2. The first-order chi connectivity index (χ1) is 15.3. The molecule has 0 radical (unpaired) electrons. The maximum absolute atomic E-state index is 12.6. The van der Waals surface area contributed by atoms with E-state index in [0.29, 0.717) is 18.5 Å². The Morgan fingerprint density at radius 3 is 2.31 bits per heavy atom. The Bertz CT molecular complexity index is 908. The molecular formula is C21H28BN5O4S. The Morgan fingerprint density at radius 2 is 1.72 bits per heavy atom. The number of amides is 2. The molecule has 0 aromatic heterocycles. The van der Waals surface area contributed by atoms with E-state index in [4.69, 9.17) is 11.5 Å². The first-order valence-electron chi connectivity index (χ1n) is 10.1. The average Bonchev–Trinajstić information content (AvgIpc) is 2.76. The topological polar surface area (TPSA) is 154 Å². The third-order valence-corrected chi connectivity index (χ3v) is 5.50. The van der Waals surface area contributed by atoms with Crippen molar-refractivity contribution in [2.75, 3.05) is 20.1 Å². The summed E-state index contributed by atoms with van der Waals surface area (Å²) in [6.45, 7) is 0.0782. The zero-order chi connectivity index (χ0) is 23.5. The van der Waals surface area contributed by atoms with E-state index in [1.54, 1.807) is 23.9 Å². The molecule has 2 amide bonds. The number of benzene rings is 2. The van der Waals surface area contributed by atoms with Gasteiger partial charge in [0.1, 0.15) is 0 Å². The molecule has 1 atom stereocenters. The van der Waals surface area contributed by atoms with Gasteiger partial charge in [0.25, 0.3) is 5.91 Å². The average molecular weight is 457 g/mol. The lowest BCUT2D eigenvalue weighted by atomic mass is 9.76. The summed E-state index contributed by atoms with van der Waals surface area (Å²) < 4.78 is 0. The van der Waals surface area contributed by atoms with Crippen LogP contribution in [0.15, 0.2) is 69.4 Å². The molecule has 32 heavy (non-hydrogen) atoms. The predicted molar refractivity (Wildman–Crippen MR) is 126 cm³/mol. The van der Waals surface area contributed by atoms with Gasteiger partial charge < -0.3 is 31.7 Å². The number of likely N-dealkylation sites (N-methyl/N-ethyl adjacent to an activating group) is 1. The van der Waals surface area contributed by atoms with Crippen LogP contribution in [0, 0.1) is 0 Å². The molecule has 0 bridgehead atoms. The molecule has 170 valence electrons. The van der Waals surface area contributed by atoms with Crippen LogP contribution in [0.5, 0.6) is 0 Å². The molecule has 2 rings (SSSR count). The van der Waals surface area contributed by atoms with Gasteiger partial charge in [-0.05, 0) is 49.2 Å². The standard InChI is InChI=1S/C21H28BN5O4S/c1-27(14-19(28)26-18(22(30)31)8-5-13-25-21(23)24)20(29)15-9-11-17(12-10-15)32-16-6-3-2-4-7-16/h2-4,6-7,9-12,18,30-31H,5,8,13-14H2,1H3,(H,26,28)(H4,23,24,25). The molecule has 0 heterocycles. The first-order valence-corrected chi connectivity index (χ1v) is 10.9. The van der Waals surface area contributed by atoms with Gasteiger partial charge in [-0.1, -0.05) is 30.0 Å². The van der Waals surface area contributed by atoms with E-state index in [-0.39, 0.29) is 24.8 Å². The molecule has 7 N–H and O–H groups in total. The summed E-state index contributed by atoms with van der Waals surface area (Å²) in [5, 5.41) is 21.5. The fourth-order valence-electron chi connectivity index (χ4n) is 2.87. The van der Waals surface area contributed by atoms with Gasteiger partial charge in [0.2, 0.25) is 5.91 Å². The minimum atomic E-state index is -1.74. The van der Waals surface area contributed by atoms with Crippen molar-refractivity contribution >= 4 is 36.7 Å². The molecule has 2 aromatic carbocycles. The number of carbonyl (C=O) groups excluding carboxylic acids is 2. The van der Waals surface area contributed by atoms with Crippen molar-refractivity contribution in [2.24, 2.45) is 16.5 Å². The predicted octanol–water partition coefficient (Wildman–Crippen LogP) is 0.460. The van der Waals surface area contributed by atoms with Crippen LogP contribution in [0.2, 0.25) is 0 Å². The number of hydrogen-bond acceptors (Lipinski definition) is 6. The van der Waals surface area contributed by atoms with Gasteiger partial charge >= 0.3 is 7.12 Å². The van der Waals surface area contributed by atoms with E-state index < -0.39 is 19.0 Å². The van der Waals surface area contributed by atoms with Crippen LogP contribution in [0.1, 0.15) is 23.2 Å². The Hall–Kier alpha value is -3.02. The van der Waals surface area contributed by atoms with Crippen molar-refractivity contribution in [2.45, 2.75) is 28.6 Å². The van der Waals surface area contributed by atoms with Crippen LogP contribution in [0.3, 0.4) is 0 Å². The van der Waals surface area contributed by atoms with Crippen molar-refractivity contribution in [3.05, 3.63) is 60.2 Å². The van der Waals surface area contributed by atoms with Crippen molar-refractivity contribution in [1.82, 2.24) is 10.2 Å². The molecule has 0 saturated heterocycles.